The average Bonchev–Trinajstić information content (AvgIpc) is 3.36. The Labute approximate surface area is 184 Å². The summed E-state index contributed by atoms with van der Waals surface area (Å²) in [6, 6.07) is 11.6. The molecule has 3 heterocycles. The number of fused-ring (bicyclic) bond motifs is 1. The first-order chi connectivity index (χ1) is 15.1. The van der Waals surface area contributed by atoms with Crippen LogP contribution in [0.2, 0.25) is 0 Å². The van der Waals surface area contributed by atoms with Crippen LogP contribution in [0.4, 0.5) is 8.78 Å². The monoisotopic (exact) mass is 437 g/mol. The highest BCUT2D eigenvalue weighted by Crippen LogP contribution is 2.34. The second-order valence-corrected chi connectivity index (χ2v) is 9.60. The Morgan fingerprint density at radius 2 is 1.81 bits per heavy atom. The fraction of sp³-hybridized carbons (Fsp3) is 0.320. The van der Waals surface area contributed by atoms with Gasteiger partial charge in [-0.05, 0) is 93.2 Å². The van der Waals surface area contributed by atoms with E-state index in [-0.39, 0.29) is 11.6 Å². The number of nitrogens with one attached hydrogen (secondary N) is 1. The van der Waals surface area contributed by atoms with Crippen molar-refractivity contribution in [2.45, 2.75) is 32.1 Å². The number of hydrogen-bond acceptors (Lipinski definition) is 3. The summed E-state index contributed by atoms with van der Waals surface area (Å²) in [5.74, 6) is 0.0883. The topological polar surface area (TPSA) is 31.9 Å². The fourth-order valence-corrected chi connectivity index (χ4v) is 5.60. The Morgan fingerprint density at radius 1 is 1.06 bits per heavy atom. The van der Waals surface area contributed by atoms with Gasteiger partial charge in [-0.3, -0.25) is 0 Å². The fourth-order valence-electron chi connectivity index (χ4n) is 4.66. The maximum atomic E-state index is 13.5. The van der Waals surface area contributed by atoms with E-state index < -0.39 is 0 Å². The zero-order chi connectivity index (χ0) is 21.4. The number of piperidine rings is 1. The minimum Gasteiger partial charge on any atom is -0.361 e. The Bertz CT molecular complexity index is 1190. The number of aryl methyl sites for hydroxylation is 1. The van der Waals surface area contributed by atoms with Gasteiger partial charge in [0.05, 0.1) is 10.7 Å². The van der Waals surface area contributed by atoms with Crippen LogP contribution in [0.3, 0.4) is 0 Å². The van der Waals surface area contributed by atoms with Crippen LogP contribution in [-0.4, -0.2) is 34.5 Å². The highest BCUT2D eigenvalue weighted by Gasteiger charge is 2.23. The van der Waals surface area contributed by atoms with Gasteiger partial charge in [-0.2, -0.15) is 0 Å². The molecule has 1 saturated heterocycles. The van der Waals surface area contributed by atoms with Crippen molar-refractivity contribution >= 4 is 22.2 Å². The number of aromatic nitrogens is 2. The summed E-state index contributed by atoms with van der Waals surface area (Å²) in [7, 11) is 0. The molecule has 6 heteroatoms. The van der Waals surface area contributed by atoms with Gasteiger partial charge in [0, 0.05) is 34.1 Å². The number of benzene rings is 2. The van der Waals surface area contributed by atoms with E-state index in [2.05, 4.69) is 16.1 Å². The molecule has 0 aliphatic carbocycles. The van der Waals surface area contributed by atoms with Gasteiger partial charge >= 0.3 is 0 Å². The number of thiazole rings is 1. The van der Waals surface area contributed by atoms with Crippen LogP contribution in [0.5, 0.6) is 0 Å². The zero-order valence-electron chi connectivity index (χ0n) is 17.5. The summed E-state index contributed by atoms with van der Waals surface area (Å²) in [6.45, 7) is 5.14. The van der Waals surface area contributed by atoms with Crippen molar-refractivity contribution in [3.05, 3.63) is 75.7 Å². The third-order valence-electron chi connectivity index (χ3n) is 6.28. The molecule has 4 aromatic rings. The number of H-pyrrole nitrogens is 1. The van der Waals surface area contributed by atoms with Gasteiger partial charge in [-0.25, -0.2) is 13.8 Å². The SMILES string of the molecule is Cc1nc(-c2ccc(F)cc2)c(CCN2CCC(c3c[nH]c4cc(F)ccc34)CC2)s1. The van der Waals surface area contributed by atoms with Gasteiger partial charge in [0.15, 0.2) is 0 Å². The van der Waals surface area contributed by atoms with Crippen molar-refractivity contribution in [1.29, 1.82) is 0 Å². The maximum absolute atomic E-state index is 13.5. The van der Waals surface area contributed by atoms with Gasteiger partial charge in [-0.15, -0.1) is 11.3 Å². The zero-order valence-corrected chi connectivity index (χ0v) is 18.3. The Morgan fingerprint density at radius 3 is 2.58 bits per heavy atom. The van der Waals surface area contributed by atoms with Crippen LogP contribution in [-0.2, 0) is 6.42 Å². The van der Waals surface area contributed by atoms with Gasteiger partial charge in [0.25, 0.3) is 0 Å². The number of likely N-dealkylation sites (tertiary alicyclic amines) is 1. The molecule has 0 unspecified atom stereocenters. The number of hydrogen-bond donors (Lipinski definition) is 1. The molecule has 1 aliphatic heterocycles. The van der Waals surface area contributed by atoms with E-state index in [0.29, 0.717) is 5.92 Å². The Hall–Kier alpha value is -2.57. The first-order valence-corrected chi connectivity index (χ1v) is 11.6. The molecule has 0 saturated carbocycles. The molecule has 1 N–H and O–H groups in total. The quantitative estimate of drug-likeness (QED) is 0.397. The van der Waals surface area contributed by atoms with Gasteiger partial charge in [0.1, 0.15) is 11.6 Å². The summed E-state index contributed by atoms with van der Waals surface area (Å²) in [6.07, 6.45) is 5.22. The van der Waals surface area contributed by atoms with E-state index in [4.69, 9.17) is 4.98 Å². The van der Waals surface area contributed by atoms with Gasteiger partial charge in [0.2, 0.25) is 0 Å². The van der Waals surface area contributed by atoms with E-state index in [9.17, 15) is 8.78 Å². The van der Waals surface area contributed by atoms with Crippen molar-refractivity contribution in [3.8, 4) is 11.3 Å². The molecule has 3 nitrogen and oxygen atoms in total. The molecule has 2 aromatic heterocycles. The lowest BCUT2D eigenvalue weighted by Crippen LogP contribution is -2.34. The third kappa shape index (κ3) is 4.27. The first kappa shape index (κ1) is 20.3. The molecular weight excluding hydrogens is 412 g/mol. The number of nitrogens with zero attached hydrogens (tertiary/aromatic N) is 2. The van der Waals surface area contributed by atoms with Crippen LogP contribution >= 0.6 is 11.3 Å². The summed E-state index contributed by atoms with van der Waals surface area (Å²) in [5, 5.41) is 2.19. The number of aromatic amines is 1. The summed E-state index contributed by atoms with van der Waals surface area (Å²) in [5.41, 5.74) is 4.16. The molecule has 160 valence electrons. The van der Waals surface area contributed by atoms with Gasteiger partial charge < -0.3 is 9.88 Å². The first-order valence-electron chi connectivity index (χ1n) is 10.8. The normalized spacial score (nSPS) is 15.7. The summed E-state index contributed by atoms with van der Waals surface area (Å²) >= 11 is 1.74. The predicted molar refractivity (Wildman–Crippen MR) is 123 cm³/mol. The molecule has 31 heavy (non-hydrogen) atoms. The van der Waals surface area contributed by atoms with Crippen molar-refractivity contribution in [3.63, 3.8) is 0 Å². The van der Waals surface area contributed by atoms with Crippen molar-refractivity contribution in [2.75, 3.05) is 19.6 Å². The lowest BCUT2D eigenvalue weighted by Gasteiger charge is -2.31. The van der Waals surface area contributed by atoms with E-state index in [1.165, 1.54) is 22.6 Å². The van der Waals surface area contributed by atoms with Crippen molar-refractivity contribution in [1.82, 2.24) is 14.9 Å². The lowest BCUT2D eigenvalue weighted by molar-refractivity contribution is 0.215. The lowest BCUT2D eigenvalue weighted by atomic mass is 9.89. The van der Waals surface area contributed by atoms with E-state index in [1.54, 1.807) is 23.5 Å². The minimum atomic E-state index is -0.222. The highest BCUT2D eigenvalue weighted by molar-refractivity contribution is 7.12. The van der Waals surface area contributed by atoms with Crippen LogP contribution in [0, 0.1) is 18.6 Å². The third-order valence-corrected chi connectivity index (χ3v) is 7.31. The smallest absolute Gasteiger partial charge is 0.125 e. The Kier molecular flexibility index (Phi) is 5.59. The molecular formula is C25H25F2N3S. The molecule has 1 fully saturated rings. The summed E-state index contributed by atoms with van der Waals surface area (Å²) in [4.78, 5) is 11.7. The maximum Gasteiger partial charge on any atom is 0.125 e. The Balaban J connectivity index is 1.22. The molecule has 1 aliphatic rings. The highest BCUT2D eigenvalue weighted by atomic mass is 32.1. The summed E-state index contributed by atoms with van der Waals surface area (Å²) < 4.78 is 26.8. The van der Waals surface area contributed by atoms with Crippen LogP contribution in [0.1, 0.15) is 34.2 Å². The largest absolute Gasteiger partial charge is 0.361 e. The van der Waals surface area contributed by atoms with Crippen molar-refractivity contribution < 1.29 is 8.78 Å². The molecule has 0 atom stereocenters. The second kappa shape index (κ2) is 8.52. The van der Waals surface area contributed by atoms with Crippen LogP contribution < -0.4 is 0 Å². The number of rotatable bonds is 5. The standard InChI is InChI=1S/C25H25F2N3S/c1-16-29-25(18-2-4-19(26)5-3-18)24(31-16)10-13-30-11-8-17(9-12-30)22-15-28-23-14-20(27)6-7-21(22)23/h2-7,14-15,17,28H,8-13H2,1H3. The second-order valence-electron chi connectivity index (χ2n) is 8.31. The molecule has 0 bridgehead atoms. The molecule has 0 spiro atoms. The van der Waals surface area contributed by atoms with E-state index >= 15 is 0 Å². The molecule has 0 radical (unpaired) electrons. The molecule has 2 aromatic carbocycles. The minimum absolute atomic E-state index is 0.200. The van der Waals surface area contributed by atoms with Gasteiger partial charge in [-0.1, -0.05) is 0 Å². The predicted octanol–water partition coefficient (Wildman–Crippen LogP) is 6.30. The number of halogens is 2. The van der Waals surface area contributed by atoms with Crippen molar-refractivity contribution in [2.24, 2.45) is 0 Å². The van der Waals surface area contributed by atoms with Crippen LogP contribution in [0.15, 0.2) is 48.7 Å². The molecule has 0 amide bonds. The van der Waals surface area contributed by atoms with E-state index in [0.717, 1.165) is 66.1 Å². The van der Waals surface area contributed by atoms with Crippen LogP contribution in [0.25, 0.3) is 22.2 Å². The average molecular weight is 438 g/mol. The van der Waals surface area contributed by atoms with E-state index in [1.807, 2.05) is 25.1 Å². The molecule has 5 rings (SSSR count).